The predicted molar refractivity (Wildman–Crippen MR) is 114 cm³/mol. The van der Waals surface area contributed by atoms with E-state index in [-0.39, 0.29) is 11.5 Å². The number of ether oxygens (including phenoxy) is 1. The summed E-state index contributed by atoms with van der Waals surface area (Å²) in [4.78, 5) is 25.5. The van der Waals surface area contributed by atoms with Crippen molar-refractivity contribution in [3.05, 3.63) is 45.8 Å². The number of nitrogens with one attached hydrogen (secondary N) is 2. The summed E-state index contributed by atoms with van der Waals surface area (Å²) >= 11 is 1.41. The molecule has 3 N–H and O–H groups in total. The fourth-order valence-electron chi connectivity index (χ4n) is 4.01. The summed E-state index contributed by atoms with van der Waals surface area (Å²) in [6.45, 7) is 2.56. The van der Waals surface area contributed by atoms with E-state index in [0.29, 0.717) is 16.5 Å². The summed E-state index contributed by atoms with van der Waals surface area (Å²) in [5.74, 6) is -0.625. The molecule has 1 amide bonds. The minimum atomic E-state index is -0.965. The molecular formula is C22H26N2O4S. The summed E-state index contributed by atoms with van der Waals surface area (Å²) < 4.78 is 5.38. The molecule has 0 unspecified atom stereocenters. The predicted octanol–water partition coefficient (Wildman–Crippen LogP) is 4.42. The first kappa shape index (κ1) is 19.9. The molecule has 0 atom stereocenters. The first-order valence-corrected chi connectivity index (χ1v) is 11.0. The molecule has 29 heavy (non-hydrogen) atoms. The van der Waals surface area contributed by atoms with E-state index in [9.17, 15) is 14.7 Å². The van der Waals surface area contributed by atoms with E-state index < -0.39 is 5.97 Å². The van der Waals surface area contributed by atoms with E-state index in [2.05, 4.69) is 10.6 Å². The van der Waals surface area contributed by atoms with Gasteiger partial charge in [0.25, 0.3) is 5.91 Å². The molecule has 4 rings (SSSR count). The number of carboxylic acids is 1. The molecular weight excluding hydrogens is 388 g/mol. The Morgan fingerprint density at radius 1 is 1.10 bits per heavy atom. The van der Waals surface area contributed by atoms with Gasteiger partial charge in [-0.1, -0.05) is 0 Å². The van der Waals surface area contributed by atoms with Crippen LogP contribution in [-0.4, -0.2) is 36.7 Å². The van der Waals surface area contributed by atoms with Crippen molar-refractivity contribution in [1.29, 1.82) is 0 Å². The Labute approximate surface area is 174 Å². The number of thiophene rings is 1. The van der Waals surface area contributed by atoms with E-state index in [0.717, 1.165) is 74.4 Å². The smallest absolute Gasteiger partial charge is 0.339 e. The van der Waals surface area contributed by atoms with Crippen molar-refractivity contribution in [3.63, 3.8) is 0 Å². The van der Waals surface area contributed by atoms with Gasteiger partial charge in [0.05, 0.1) is 5.56 Å². The molecule has 1 aliphatic carbocycles. The maximum Gasteiger partial charge on any atom is 0.339 e. The van der Waals surface area contributed by atoms with Crippen LogP contribution in [0.25, 0.3) is 0 Å². The molecule has 1 aromatic carbocycles. The van der Waals surface area contributed by atoms with Gasteiger partial charge in [-0.3, -0.25) is 4.79 Å². The number of aryl methyl sites for hydroxylation is 1. The number of carbonyl (C=O) groups excluding carboxylic acids is 1. The second kappa shape index (κ2) is 8.97. The van der Waals surface area contributed by atoms with Crippen molar-refractivity contribution >= 4 is 33.9 Å². The Morgan fingerprint density at radius 2 is 1.83 bits per heavy atom. The highest BCUT2D eigenvalue weighted by atomic mass is 32.1. The monoisotopic (exact) mass is 414 g/mol. The minimum absolute atomic E-state index is 0.271. The molecule has 7 heteroatoms. The molecule has 0 spiro atoms. The third kappa shape index (κ3) is 4.62. The Kier molecular flexibility index (Phi) is 6.16. The number of carboxylic acid groups (broad SMARTS) is 1. The largest absolute Gasteiger partial charge is 0.478 e. The zero-order valence-corrected chi connectivity index (χ0v) is 17.1. The topological polar surface area (TPSA) is 87.7 Å². The highest BCUT2D eigenvalue weighted by Gasteiger charge is 2.26. The van der Waals surface area contributed by atoms with Crippen LogP contribution >= 0.6 is 11.3 Å². The van der Waals surface area contributed by atoms with Gasteiger partial charge in [0.1, 0.15) is 5.00 Å². The van der Waals surface area contributed by atoms with Crippen LogP contribution in [0.15, 0.2) is 24.3 Å². The summed E-state index contributed by atoms with van der Waals surface area (Å²) in [7, 11) is 0. The number of benzene rings is 1. The Bertz CT molecular complexity index is 885. The highest BCUT2D eigenvalue weighted by molar-refractivity contribution is 7.17. The second-order valence-corrected chi connectivity index (χ2v) is 8.79. The van der Waals surface area contributed by atoms with Crippen molar-refractivity contribution in [2.45, 2.75) is 38.5 Å². The molecule has 2 heterocycles. The van der Waals surface area contributed by atoms with Crippen LogP contribution in [0.3, 0.4) is 0 Å². The van der Waals surface area contributed by atoms with Gasteiger partial charge in [0.2, 0.25) is 0 Å². The van der Waals surface area contributed by atoms with E-state index in [1.807, 2.05) is 12.1 Å². The first-order valence-electron chi connectivity index (χ1n) is 10.2. The summed E-state index contributed by atoms with van der Waals surface area (Å²) in [6, 6.07) is 7.34. The van der Waals surface area contributed by atoms with Crippen LogP contribution in [0.1, 0.15) is 56.8 Å². The van der Waals surface area contributed by atoms with Crippen molar-refractivity contribution in [3.8, 4) is 0 Å². The van der Waals surface area contributed by atoms with E-state index in [4.69, 9.17) is 4.74 Å². The number of rotatable bonds is 6. The third-order valence-electron chi connectivity index (χ3n) is 5.70. The van der Waals surface area contributed by atoms with Crippen LogP contribution in [0.5, 0.6) is 0 Å². The van der Waals surface area contributed by atoms with Crippen LogP contribution in [0.4, 0.5) is 10.7 Å². The normalized spacial score (nSPS) is 16.8. The van der Waals surface area contributed by atoms with Gasteiger partial charge in [-0.25, -0.2) is 4.79 Å². The average Bonchev–Trinajstić information content (AvgIpc) is 3.11. The zero-order valence-electron chi connectivity index (χ0n) is 16.3. The molecule has 0 bridgehead atoms. The van der Waals surface area contributed by atoms with Gasteiger partial charge in [-0.15, -0.1) is 11.3 Å². The van der Waals surface area contributed by atoms with Crippen LogP contribution in [0, 0.1) is 5.92 Å². The minimum Gasteiger partial charge on any atom is -0.478 e. The fourth-order valence-corrected chi connectivity index (χ4v) is 5.28. The van der Waals surface area contributed by atoms with Crippen molar-refractivity contribution < 1.29 is 19.4 Å². The maximum absolute atomic E-state index is 12.7. The maximum atomic E-state index is 12.7. The Balaban J connectivity index is 1.41. The number of carbonyl (C=O) groups is 2. The SMILES string of the molecule is O=C(Nc1sc2c(c1C(=O)O)CCCC2)c1ccc(NCC2CCOCC2)cc1. The molecule has 2 aromatic rings. The highest BCUT2D eigenvalue weighted by Crippen LogP contribution is 2.38. The van der Waals surface area contributed by atoms with Crippen molar-refractivity contribution in [1.82, 2.24) is 0 Å². The lowest BCUT2D eigenvalue weighted by molar-refractivity contribution is 0.0694. The van der Waals surface area contributed by atoms with Gasteiger partial charge in [-0.2, -0.15) is 0 Å². The number of fused-ring (bicyclic) bond motifs is 1. The van der Waals surface area contributed by atoms with Gasteiger partial charge >= 0.3 is 5.97 Å². The summed E-state index contributed by atoms with van der Waals surface area (Å²) in [5, 5.41) is 16.3. The van der Waals surface area contributed by atoms with Gasteiger partial charge < -0.3 is 20.5 Å². The number of amides is 1. The molecule has 1 fully saturated rings. The summed E-state index contributed by atoms with van der Waals surface area (Å²) in [5.41, 5.74) is 2.67. The quantitative estimate of drug-likeness (QED) is 0.651. The first-order chi connectivity index (χ1) is 14.1. The molecule has 1 saturated heterocycles. The van der Waals surface area contributed by atoms with E-state index in [1.165, 1.54) is 11.3 Å². The van der Waals surface area contributed by atoms with E-state index in [1.54, 1.807) is 12.1 Å². The molecule has 1 aromatic heterocycles. The van der Waals surface area contributed by atoms with E-state index >= 15 is 0 Å². The Morgan fingerprint density at radius 3 is 2.55 bits per heavy atom. The van der Waals surface area contributed by atoms with Crippen LogP contribution in [-0.2, 0) is 17.6 Å². The van der Waals surface area contributed by atoms with Gasteiger partial charge in [0.15, 0.2) is 0 Å². The lowest BCUT2D eigenvalue weighted by Crippen LogP contribution is -2.22. The van der Waals surface area contributed by atoms with Crippen molar-refractivity contribution in [2.75, 3.05) is 30.4 Å². The molecule has 154 valence electrons. The number of hydrogen-bond acceptors (Lipinski definition) is 5. The Hall–Kier alpha value is -2.38. The summed E-state index contributed by atoms with van der Waals surface area (Å²) in [6.07, 6.45) is 5.89. The second-order valence-electron chi connectivity index (χ2n) is 7.69. The zero-order chi connectivity index (χ0) is 20.2. The van der Waals surface area contributed by atoms with Gasteiger partial charge in [0, 0.05) is 35.9 Å². The lowest BCUT2D eigenvalue weighted by atomic mass is 9.95. The molecule has 0 radical (unpaired) electrons. The van der Waals surface area contributed by atoms with Crippen LogP contribution < -0.4 is 10.6 Å². The standard InChI is InChI=1S/C22H26N2O4S/c25-20(24-21-19(22(26)27)17-3-1-2-4-18(17)29-21)15-5-7-16(8-6-15)23-13-14-9-11-28-12-10-14/h5-8,14,23H,1-4,9-13H2,(H,24,25)(H,26,27). The average molecular weight is 415 g/mol. The van der Waals surface area contributed by atoms with Crippen LogP contribution in [0.2, 0.25) is 0 Å². The number of aromatic carboxylic acids is 1. The lowest BCUT2D eigenvalue weighted by Gasteiger charge is -2.22. The molecule has 2 aliphatic rings. The molecule has 1 aliphatic heterocycles. The van der Waals surface area contributed by atoms with Gasteiger partial charge in [-0.05, 0) is 74.3 Å². The number of anilines is 2. The van der Waals surface area contributed by atoms with Crippen molar-refractivity contribution in [2.24, 2.45) is 5.92 Å². The fraction of sp³-hybridized carbons (Fsp3) is 0.455. The molecule has 0 saturated carbocycles. The molecule has 6 nitrogen and oxygen atoms in total. The third-order valence-corrected chi connectivity index (χ3v) is 6.90. The number of hydrogen-bond donors (Lipinski definition) is 3.